The lowest BCUT2D eigenvalue weighted by Crippen LogP contribution is -2.49. The second-order valence-electron chi connectivity index (χ2n) is 5.89. The lowest BCUT2D eigenvalue weighted by atomic mass is 10.0. The third kappa shape index (κ3) is 3.60. The van der Waals surface area contributed by atoms with Gasteiger partial charge in [0.2, 0.25) is 0 Å². The fourth-order valence-electron chi connectivity index (χ4n) is 2.78. The van der Waals surface area contributed by atoms with Crippen molar-refractivity contribution in [2.45, 2.75) is 25.7 Å². The number of benzene rings is 2. The van der Waals surface area contributed by atoms with Crippen LogP contribution in [0.5, 0.6) is 0 Å². The van der Waals surface area contributed by atoms with Gasteiger partial charge in [-0.15, -0.1) is 0 Å². The lowest BCUT2D eigenvalue weighted by Gasteiger charge is -2.34. The van der Waals surface area contributed by atoms with Crippen molar-refractivity contribution in [3.05, 3.63) is 71.3 Å². The molecular weight excluding hydrogens is 290 g/mol. The third-order valence-electron chi connectivity index (χ3n) is 4.14. The number of morpholine rings is 1. The number of aliphatic hydroxyl groups excluding tert-OH is 1. The average molecular weight is 311 g/mol. The molecule has 1 fully saturated rings. The monoisotopic (exact) mass is 311 g/mol. The third-order valence-corrected chi connectivity index (χ3v) is 4.14. The minimum atomic E-state index is -0.943. The number of aliphatic hydroxyl groups is 1. The number of carbonyl (C=O) groups is 1. The van der Waals surface area contributed by atoms with E-state index in [-0.39, 0.29) is 5.91 Å². The van der Waals surface area contributed by atoms with E-state index in [4.69, 9.17) is 4.74 Å². The van der Waals surface area contributed by atoms with Gasteiger partial charge >= 0.3 is 0 Å². The molecule has 4 heteroatoms. The number of hydrogen-bond acceptors (Lipinski definition) is 3. The van der Waals surface area contributed by atoms with Gasteiger partial charge in [0.05, 0.1) is 6.61 Å². The summed E-state index contributed by atoms with van der Waals surface area (Å²) in [7, 11) is 0. The van der Waals surface area contributed by atoms with Gasteiger partial charge in [-0.05, 0) is 18.1 Å². The van der Waals surface area contributed by atoms with Crippen LogP contribution in [0.1, 0.15) is 22.8 Å². The van der Waals surface area contributed by atoms with Crippen LogP contribution in [0.3, 0.4) is 0 Å². The number of nitrogens with zero attached hydrogens (tertiary/aromatic N) is 1. The predicted molar refractivity (Wildman–Crippen MR) is 87.7 cm³/mol. The fraction of sp³-hybridized carbons (Fsp3) is 0.316. The first-order valence-electron chi connectivity index (χ1n) is 7.84. The summed E-state index contributed by atoms with van der Waals surface area (Å²) in [4.78, 5) is 14.4. The Hall–Kier alpha value is -2.17. The van der Waals surface area contributed by atoms with Crippen LogP contribution in [-0.2, 0) is 16.1 Å². The zero-order chi connectivity index (χ0) is 16.2. The minimum Gasteiger partial charge on any atom is -0.385 e. The van der Waals surface area contributed by atoms with Gasteiger partial charge in [0.1, 0.15) is 6.10 Å². The predicted octanol–water partition coefficient (Wildman–Crippen LogP) is 2.46. The smallest absolute Gasteiger partial charge is 0.255 e. The van der Waals surface area contributed by atoms with Gasteiger partial charge in [-0.1, -0.05) is 60.2 Å². The molecule has 2 aromatic rings. The number of rotatable bonds is 4. The molecule has 1 amide bonds. The van der Waals surface area contributed by atoms with Crippen LogP contribution in [0.15, 0.2) is 54.6 Å². The van der Waals surface area contributed by atoms with E-state index in [1.807, 2.05) is 61.5 Å². The quantitative estimate of drug-likeness (QED) is 0.943. The van der Waals surface area contributed by atoms with E-state index in [0.29, 0.717) is 25.3 Å². The van der Waals surface area contributed by atoms with E-state index in [1.54, 1.807) is 4.90 Å². The SMILES string of the molecule is Cc1ccc([C@@H](O)[C@H]2OCCN(Cc3ccccc3)C2=O)cc1. The molecule has 0 bridgehead atoms. The molecule has 1 aliphatic rings. The van der Waals surface area contributed by atoms with Crippen molar-refractivity contribution in [2.75, 3.05) is 13.2 Å². The second kappa shape index (κ2) is 6.94. The molecule has 1 heterocycles. The fourth-order valence-corrected chi connectivity index (χ4v) is 2.78. The molecule has 2 aromatic carbocycles. The van der Waals surface area contributed by atoms with Crippen molar-refractivity contribution < 1.29 is 14.6 Å². The number of hydrogen-bond donors (Lipinski definition) is 1. The summed E-state index contributed by atoms with van der Waals surface area (Å²) in [6, 6.07) is 17.4. The molecule has 1 aliphatic heterocycles. The van der Waals surface area contributed by atoms with Gasteiger partial charge < -0.3 is 14.7 Å². The Labute approximate surface area is 136 Å². The molecule has 0 radical (unpaired) electrons. The summed E-state index contributed by atoms with van der Waals surface area (Å²) in [5.74, 6) is -0.159. The van der Waals surface area contributed by atoms with Crippen molar-refractivity contribution in [2.24, 2.45) is 0 Å². The van der Waals surface area contributed by atoms with E-state index >= 15 is 0 Å². The Kier molecular flexibility index (Phi) is 4.74. The van der Waals surface area contributed by atoms with Crippen molar-refractivity contribution in [3.63, 3.8) is 0 Å². The molecule has 0 aromatic heterocycles. The first kappa shape index (κ1) is 15.7. The van der Waals surface area contributed by atoms with Crippen molar-refractivity contribution in [1.29, 1.82) is 0 Å². The summed E-state index contributed by atoms with van der Waals surface area (Å²) < 4.78 is 5.56. The first-order valence-corrected chi connectivity index (χ1v) is 7.84. The van der Waals surface area contributed by atoms with Crippen LogP contribution < -0.4 is 0 Å². The molecule has 2 atom stereocenters. The van der Waals surface area contributed by atoms with Gasteiger partial charge in [0, 0.05) is 13.1 Å². The summed E-state index contributed by atoms with van der Waals surface area (Å²) in [6.45, 7) is 3.51. The Bertz CT molecular complexity index is 654. The highest BCUT2D eigenvalue weighted by Crippen LogP contribution is 2.24. The second-order valence-corrected chi connectivity index (χ2v) is 5.89. The Morgan fingerprint density at radius 2 is 1.87 bits per heavy atom. The van der Waals surface area contributed by atoms with Crippen molar-refractivity contribution >= 4 is 5.91 Å². The maximum absolute atomic E-state index is 12.7. The molecule has 1 saturated heterocycles. The molecule has 120 valence electrons. The Morgan fingerprint density at radius 1 is 1.17 bits per heavy atom. The van der Waals surface area contributed by atoms with Gasteiger partial charge in [-0.2, -0.15) is 0 Å². The van der Waals surface area contributed by atoms with E-state index in [0.717, 1.165) is 11.1 Å². The summed E-state index contributed by atoms with van der Waals surface area (Å²) >= 11 is 0. The van der Waals surface area contributed by atoms with Gasteiger partial charge in [0.15, 0.2) is 6.10 Å². The summed E-state index contributed by atoms with van der Waals surface area (Å²) in [5.41, 5.74) is 2.89. The molecule has 0 spiro atoms. The van der Waals surface area contributed by atoms with Crippen LogP contribution in [0.2, 0.25) is 0 Å². The van der Waals surface area contributed by atoms with Crippen LogP contribution >= 0.6 is 0 Å². The zero-order valence-corrected chi connectivity index (χ0v) is 13.2. The maximum atomic E-state index is 12.7. The standard InChI is InChI=1S/C19H21NO3/c1-14-7-9-16(10-8-14)17(21)18-19(22)20(11-12-23-18)13-15-5-3-2-4-6-15/h2-10,17-18,21H,11-13H2,1H3/t17-,18-/m1/s1. The minimum absolute atomic E-state index is 0.159. The molecule has 0 unspecified atom stereocenters. The van der Waals surface area contributed by atoms with Crippen LogP contribution in [0.4, 0.5) is 0 Å². The van der Waals surface area contributed by atoms with Gasteiger partial charge in [-0.25, -0.2) is 0 Å². The topological polar surface area (TPSA) is 49.8 Å². The molecule has 4 nitrogen and oxygen atoms in total. The Morgan fingerprint density at radius 3 is 2.57 bits per heavy atom. The average Bonchev–Trinajstić information content (AvgIpc) is 2.58. The maximum Gasteiger partial charge on any atom is 0.255 e. The van der Waals surface area contributed by atoms with Gasteiger partial charge in [0.25, 0.3) is 5.91 Å². The molecule has 23 heavy (non-hydrogen) atoms. The van der Waals surface area contributed by atoms with Crippen LogP contribution in [-0.4, -0.2) is 35.2 Å². The summed E-state index contributed by atoms with van der Waals surface area (Å²) in [5, 5.41) is 10.5. The Balaban J connectivity index is 1.72. The highest BCUT2D eigenvalue weighted by molar-refractivity contribution is 5.82. The molecule has 0 aliphatic carbocycles. The largest absolute Gasteiger partial charge is 0.385 e. The van der Waals surface area contributed by atoms with E-state index in [9.17, 15) is 9.90 Å². The first-order chi connectivity index (χ1) is 11.1. The highest BCUT2D eigenvalue weighted by Gasteiger charge is 2.35. The zero-order valence-electron chi connectivity index (χ0n) is 13.2. The van der Waals surface area contributed by atoms with Crippen molar-refractivity contribution in [3.8, 4) is 0 Å². The molecule has 3 rings (SSSR count). The summed E-state index contributed by atoms with van der Waals surface area (Å²) in [6.07, 6.45) is -1.78. The number of aryl methyl sites for hydroxylation is 1. The molecular formula is C19H21NO3. The van der Waals surface area contributed by atoms with E-state index in [2.05, 4.69) is 0 Å². The normalized spacial score (nSPS) is 19.7. The molecule has 1 N–H and O–H groups in total. The van der Waals surface area contributed by atoms with Crippen LogP contribution in [0.25, 0.3) is 0 Å². The number of carbonyl (C=O) groups excluding carboxylic acids is 1. The van der Waals surface area contributed by atoms with Gasteiger partial charge in [-0.3, -0.25) is 4.79 Å². The number of ether oxygens (including phenoxy) is 1. The highest BCUT2D eigenvalue weighted by atomic mass is 16.5. The lowest BCUT2D eigenvalue weighted by molar-refractivity contribution is -0.164. The van der Waals surface area contributed by atoms with Crippen molar-refractivity contribution in [1.82, 2.24) is 4.90 Å². The number of amides is 1. The van der Waals surface area contributed by atoms with E-state index in [1.165, 1.54) is 0 Å². The van der Waals surface area contributed by atoms with E-state index < -0.39 is 12.2 Å². The molecule has 0 saturated carbocycles. The van der Waals surface area contributed by atoms with Crippen LogP contribution in [0, 0.1) is 6.92 Å².